The average molecular weight is 353 g/mol. The lowest BCUT2D eigenvalue weighted by Crippen LogP contribution is -2.37. The van der Waals surface area contributed by atoms with Gasteiger partial charge in [-0.15, -0.1) is 0 Å². The van der Waals surface area contributed by atoms with Gasteiger partial charge in [0, 0.05) is 19.3 Å². The van der Waals surface area contributed by atoms with Crippen LogP contribution < -0.4 is 10.9 Å². The van der Waals surface area contributed by atoms with Crippen LogP contribution in [0.15, 0.2) is 35.5 Å². The van der Waals surface area contributed by atoms with Gasteiger partial charge in [-0.1, -0.05) is 26.3 Å². The SMILES string of the molecule is Cn1cnc(NC2CCCC(C(C)(C)c3ccc4c(=O)[nH][nH]c4c3)C2)c1. The molecular formula is C20H27N5O. The van der Waals surface area contributed by atoms with E-state index in [9.17, 15) is 4.79 Å². The molecule has 0 radical (unpaired) electrons. The molecule has 6 heteroatoms. The standard InChI is InChI=1S/C20H27N5O/c1-20(2,14-7-8-16-17(10-14)23-24-19(16)26)13-5-4-6-15(9-13)22-18-11-25(3)12-21-18/h7-8,10-13,15,22H,4-6,9H2,1-3H3,(H2,23,24,26). The van der Waals surface area contributed by atoms with Crippen molar-refractivity contribution in [2.24, 2.45) is 13.0 Å². The monoisotopic (exact) mass is 353 g/mol. The number of rotatable bonds is 4. The highest BCUT2D eigenvalue weighted by molar-refractivity contribution is 5.78. The van der Waals surface area contributed by atoms with Gasteiger partial charge in [-0.2, -0.15) is 0 Å². The lowest BCUT2D eigenvalue weighted by molar-refractivity contribution is 0.224. The van der Waals surface area contributed by atoms with Gasteiger partial charge in [0.05, 0.1) is 17.2 Å². The Morgan fingerprint density at radius 2 is 2.12 bits per heavy atom. The van der Waals surface area contributed by atoms with Gasteiger partial charge < -0.3 is 9.88 Å². The minimum Gasteiger partial charge on any atom is -0.366 e. The molecule has 3 aromatic rings. The Morgan fingerprint density at radius 3 is 2.88 bits per heavy atom. The van der Waals surface area contributed by atoms with Gasteiger partial charge in [-0.25, -0.2) is 4.98 Å². The van der Waals surface area contributed by atoms with Crippen LogP contribution in [0, 0.1) is 5.92 Å². The van der Waals surface area contributed by atoms with E-state index in [2.05, 4.69) is 46.5 Å². The first kappa shape index (κ1) is 16.9. The van der Waals surface area contributed by atoms with E-state index in [1.54, 1.807) is 0 Å². The fourth-order valence-electron chi connectivity index (χ4n) is 4.35. The lowest BCUT2D eigenvalue weighted by atomic mass is 9.66. The molecule has 1 aromatic carbocycles. The van der Waals surface area contributed by atoms with E-state index < -0.39 is 0 Å². The van der Waals surface area contributed by atoms with Gasteiger partial charge in [-0.05, 0) is 48.3 Å². The molecule has 1 saturated carbocycles. The summed E-state index contributed by atoms with van der Waals surface area (Å²) in [6.07, 6.45) is 8.64. The van der Waals surface area contributed by atoms with Crippen LogP contribution in [0.1, 0.15) is 45.1 Å². The van der Waals surface area contributed by atoms with Crippen molar-refractivity contribution in [3.63, 3.8) is 0 Å². The number of hydrogen-bond donors (Lipinski definition) is 3. The largest absolute Gasteiger partial charge is 0.366 e. The number of imidazole rings is 1. The van der Waals surface area contributed by atoms with E-state index in [0.29, 0.717) is 12.0 Å². The Bertz CT molecular complexity index is 964. The summed E-state index contributed by atoms with van der Waals surface area (Å²) in [5.74, 6) is 1.54. The van der Waals surface area contributed by atoms with E-state index >= 15 is 0 Å². The molecule has 0 bridgehead atoms. The summed E-state index contributed by atoms with van der Waals surface area (Å²) in [6, 6.07) is 6.64. The number of aromatic nitrogens is 4. The van der Waals surface area contributed by atoms with Crippen LogP contribution in [0.25, 0.3) is 10.9 Å². The van der Waals surface area contributed by atoms with Crippen molar-refractivity contribution in [3.8, 4) is 0 Å². The first-order valence-corrected chi connectivity index (χ1v) is 9.39. The highest BCUT2D eigenvalue weighted by Gasteiger charge is 2.35. The van der Waals surface area contributed by atoms with Crippen molar-refractivity contribution in [1.82, 2.24) is 19.7 Å². The minimum absolute atomic E-state index is 0.0484. The van der Waals surface area contributed by atoms with Crippen LogP contribution in [-0.4, -0.2) is 25.8 Å². The minimum atomic E-state index is -0.0540. The fraction of sp³-hybridized carbons (Fsp3) is 0.500. The average Bonchev–Trinajstić information content (AvgIpc) is 3.20. The third-order valence-corrected chi connectivity index (χ3v) is 6.07. The Balaban J connectivity index is 1.54. The second kappa shape index (κ2) is 6.34. The molecule has 26 heavy (non-hydrogen) atoms. The molecule has 0 amide bonds. The molecule has 2 atom stereocenters. The van der Waals surface area contributed by atoms with E-state index in [4.69, 9.17) is 0 Å². The molecule has 6 nitrogen and oxygen atoms in total. The first-order chi connectivity index (χ1) is 12.4. The maximum atomic E-state index is 11.8. The van der Waals surface area contributed by atoms with Crippen molar-refractivity contribution in [3.05, 3.63) is 46.6 Å². The zero-order chi connectivity index (χ0) is 18.3. The van der Waals surface area contributed by atoms with E-state index in [-0.39, 0.29) is 11.0 Å². The third-order valence-electron chi connectivity index (χ3n) is 6.07. The van der Waals surface area contributed by atoms with Crippen LogP contribution in [0.5, 0.6) is 0 Å². The maximum absolute atomic E-state index is 11.8. The topological polar surface area (TPSA) is 78.5 Å². The zero-order valence-electron chi connectivity index (χ0n) is 15.7. The van der Waals surface area contributed by atoms with E-state index in [0.717, 1.165) is 23.1 Å². The number of nitrogens with one attached hydrogen (secondary N) is 3. The molecular weight excluding hydrogens is 326 g/mol. The predicted molar refractivity (Wildman–Crippen MR) is 105 cm³/mol. The van der Waals surface area contributed by atoms with Gasteiger partial charge in [0.2, 0.25) is 0 Å². The summed E-state index contributed by atoms with van der Waals surface area (Å²) in [6.45, 7) is 4.65. The van der Waals surface area contributed by atoms with Crippen molar-refractivity contribution < 1.29 is 0 Å². The van der Waals surface area contributed by atoms with Crippen LogP contribution in [0.4, 0.5) is 5.82 Å². The molecule has 0 aliphatic heterocycles. The Morgan fingerprint density at radius 1 is 1.27 bits per heavy atom. The van der Waals surface area contributed by atoms with Crippen molar-refractivity contribution in [2.45, 2.75) is 51.0 Å². The molecule has 2 unspecified atom stereocenters. The summed E-state index contributed by atoms with van der Waals surface area (Å²) in [7, 11) is 1.99. The van der Waals surface area contributed by atoms with Crippen LogP contribution in [-0.2, 0) is 12.5 Å². The van der Waals surface area contributed by atoms with E-state index in [1.165, 1.54) is 24.8 Å². The molecule has 2 heterocycles. The first-order valence-electron chi connectivity index (χ1n) is 9.39. The Hall–Kier alpha value is -2.50. The smallest absolute Gasteiger partial charge is 0.271 e. The van der Waals surface area contributed by atoms with Crippen molar-refractivity contribution in [2.75, 3.05) is 5.32 Å². The van der Waals surface area contributed by atoms with Crippen LogP contribution >= 0.6 is 0 Å². The van der Waals surface area contributed by atoms with Gasteiger partial charge in [0.1, 0.15) is 5.82 Å². The highest BCUT2D eigenvalue weighted by Crippen LogP contribution is 2.41. The second-order valence-corrected chi connectivity index (χ2v) is 8.19. The Kier molecular flexibility index (Phi) is 4.13. The van der Waals surface area contributed by atoms with Gasteiger partial charge in [0.15, 0.2) is 0 Å². The van der Waals surface area contributed by atoms with Gasteiger partial charge in [0.25, 0.3) is 5.56 Å². The third kappa shape index (κ3) is 3.04. The number of hydrogen-bond acceptors (Lipinski definition) is 3. The number of fused-ring (bicyclic) bond motifs is 1. The molecule has 1 fully saturated rings. The summed E-state index contributed by atoms with van der Waals surface area (Å²) < 4.78 is 1.97. The maximum Gasteiger partial charge on any atom is 0.271 e. The van der Waals surface area contributed by atoms with Crippen LogP contribution in [0.3, 0.4) is 0 Å². The molecule has 1 aliphatic rings. The fourth-order valence-corrected chi connectivity index (χ4v) is 4.35. The lowest BCUT2D eigenvalue weighted by Gasteiger charge is -2.40. The number of benzene rings is 1. The molecule has 0 saturated heterocycles. The summed E-state index contributed by atoms with van der Waals surface area (Å²) in [5, 5.41) is 9.99. The molecule has 3 N–H and O–H groups in total. The van der Waals surface area contributed by atoms with Crippen molar-refractivity contribution >= 4 is 16.7 Å². The Labute approximate surface area is 153 Å². The quantitative estimate of drug-likeness (QED) is 0.671. The number of aromatic amines is 2. The molecule has 4 rings (SSSR count). The molecule has 138 valence electrons. The molecule has 0 spiro atoms. The second-order valence-electron chi connectivity index (χ2n) is 8.19. The van der Waals surface area contributed by atoms with Crippen molar-refractivity contribution in [1.29, 1.82) is 0 Å². The molecule has 2 aromatic heterocycles. The highest BCUT2D eigenvalue weighted by atomic mass is 16.1. The predicted octanol–water partition coefficient (Wildman–Crippen LogP) is 3.54. The summed E-state index contributed by atoms with van der Waals surface area (Å²) in [4.78, 5) is 16.2. The van der Waals surface area contributed by atoms with Gasteiger partial charge >= 0.3 is 0 Å². The number of aryl methyl sites for hydroxylation is 1. The number of nitrogens with zero attached hydrogens (tertiary/aromatic N) is 2. The van der Waals surface area contributed by atoms with Gasteiger partial charge in [-0.3, -0.25) is 15.0 Å². The summed E-state index contributed by atoms with van der Waals surface area (Å²) in [5.41, 5.74) is 2.16. The van der Waals surface area contributed by atoms with E-state index in [1.807, 2.05) is 30.2 Å². The molecule has 1 aliphatic carbocycles. The summed E-state index contributed by atoms with van der Waals surface area (Å²) >= 11 is 0. The zero-order valence-corrected chi connectivity index (χ0v) is 15.7. The number of anilines is 1. The number of H-pyrrole nitrogens is 2. The normalized spacial score (nSPS) is 21.2. The van der Waals surface area contributed by atoms with Crippen LogP contribution in [0.2, 0.25) is 0 Å².